The first-order chi connectivity index (χ1) is 7.61. The van der Waals surface area contributed by atoms with Crippen molar-refractivity contribution in [1.29, 1.82) is 5.26 Å². The molecular formula is C11H5NO4. The van der Waals surface area contributed by atoms with Gasteiger partial charge in [-0.15, -0.1) is 0 Å². The number of benzene rings is 1. The van der Waals surface area contributed by atoms with Crippen LogP contribution in [-0.2, 0) is 0 Å². The normalized spacial score (nSPS) is 9.94. The van der Waals surface area contributed by atoms with Crippen LogP contribution in [0.2, 0.25) is 0 Å². The van der Waals surface area contributed by atoms with Crippen molar-refractivity contribution in [3.05, 3.63) is 45.8 Å². The monoisotopic (exact) mass is 215 g/mol. The Balaban J connectivity index is 2.82. The number of carboxylic acids is 1. The number of carboxylic acid groups (broad SMARTS) is 1. The van der Waals surface area contributed by atoms with Gasteiger partial charge in [0, 0.05) is 6.07 Å². The molecule has 0 fully saturated rings. The van der Waals surface area contributed by atoms with Gasteiger partial charge in [0.15, 0.2) is 5.43 Å². The number of rotatable bonds is 1. The third-order valence-electron chi connectivity index (χ3n) is 2.08. The van der Waals surface area contributed by atoms with Gasteiger partial charge in [-0.2, -0.15) is 5.26 Å². The first-order valence-electron chi connectivity index (χ1n) is 4.33. The Morgan fingerprint density at radius 1 is 1.38 bits per heavy atom. The maximum absolute atomic E-state index is 11.5. The lowest BCUT2D eigenvalue weighted by Gasteiger charge is -1.98. The zero-order valence-corrected chi connectivity index (χ0v) is 7.93. The Morgan fingerprint density at radius 2 is 2.12 bits per heavy atom. The van der Waals surface area contributed by atoms with E-state index in [0.29, 0.717) is 0 Å². The zero-order chi connectivity index (χ0) is 11.7. The first kappa shape index (κ1) is 9.93. The maximum atomic E-state index is 11.5. The fourth-order valence-electron chi connectivity index (χ4n) is 1.34. The van der Waals surface area contributed by atoms with Crippen LogP contribution in [0.5, 0.6) is 0 Å². The van der Waals surface area contributed by atoms with E-state index >= 15 is 0 Å². The summed E-state index contributed by atoms with van der Waals surface area (Å²) in [6, 6.07) is 6.65. The zero-order valence-electron chi connectivity index (χ0n) is 7.93. The molecule has 0 radical (unpaired) electrons. The Bertz CT molecular complexity index is 678. The number of nitrogens with zero attached hydrogens (tertiary/aromatic N) is 1. The molecule has 1 heterocycles. The van der Waals surface area contributed by atoms with E-state index < -0.39 is 11.4 Å². The summed E-state index contributed by atoms with van der Waals surface area (Å²) < 4.78 is 5.07. The third-order valence-corrected chi connectivity index (χ3v) is 2.08. The minimum Gasteiger partial charge on any atom is -0.478 e. The molecule has 5 heteroatoms. The smallest absolute Gasteiger partial charge is 0.335 e. The number of carbonyl (C=O) groups is 1. The van der Waals surface area contributed by atoms with Gasteiger partial charge in [-0.05, 0) is 18.2 Å². The van der Waals surface area contributed by atoms with Gasteiger partial charge in [0.25, 0.3) is 0 Å². The van der Waals surface area contributed by atoms with Gasteiger partial charge in [0.1, 0.15) is 11.7 Å². The maximum Gasteiger partial charge on any atom is 0.335 e. The van der Waals surface area contributed by atoms with E-state index in [1.54, 1.807) is 6.07 Å². The molecule has 2 rings (SSSR count). The second kappa shape index (κ2) is 3.51. The number of aromatic carboxylic acids is 1. The van der Waals surface area contributed by atoms with E-state index in [1.807, 2.05) is 0 Å². The van der Waals surface area contributed by atoms with Crippen LogP contribution >= 0.6 is 0 Å². The Hall–Kier alpha value is -2.61. The molecule has 0 atom stereocenters. The van der Waals surface area contributed by atoms with Crippen molar-refractivity contribution in [2.45, 2.75) is 0 Å². The van der Waals surface area contributed by atoms with Crippen molar-refractivity contribution < 1.29 is 14.3 Å². The number of hydrogen-bond acceptors (Lipinski definition) is 4. The van der Waals surface area contributed by atoms with Crippen molar-refractivity contribution in [3.8, 4) is 6.07 Å². The van der Waals surface area contributed by atoms with Gasteiger partial charge in [-0.25, -0.2) is 4.79 Å². The van der Waals surface area contributed by atoms with E-state index in [-0.39, 0.29) is 22.3 Å². The molecule has 1 aromatic carbocycles. The number of nitriles is 1. The first-order valence-corrected chi connectivity index (χ1v) is 4.33. The predicted octanol–water partition coefficient (Wildman–Crippen LogP) is 1.36. The molecule has 0 saturated heterocycles. The number of hydrogen-bond donors (Lipinski definition) is 1. The Morgan fingerprint density at radius 3 is 2.75 bits per heavy atom. The largest absolute Gasteiger partial charge is 0.478 e. The molecule has 0 aliphatic carbocycles. The summed E-state index contributed by atoms with van der Waals surface area (Å²) in [5, 5.41) is 17.5. The second-order valence-electron chi connectivity index (χ2n) is 3.10. The van der Waals surface area contributed by atoms with Gasteiger partial charge in [0.2, 0.25) is 5.76 Å². The molecule has 78 valence electrons. The highest BCUT2D eigenvalue weighted by molar-refractivity contribution is 5.92. The highest BCUT2D eigenvalue weighted by Crippen LogP contribution is 2.14. The fraction of sp³-hybridized carbons (Fsp3) is 0. The van der Waals surface area contributed by atoms with E-state index in [1.165, 1.54) is 18.2 Å². The van der Waals surface area contributed by atoms with Crippen LogP contribution in [0.15, 0.2) is 33.5 Å². The molecule has 0 amide bonds. The summed E-state index contributed by atoms with van der Waals surface area (Å²) in [6.07, 6.45) is 0. The standard InChI is InChI=1S/C11H5NO4/c12-5-7-4-9(13)8-3-6(11(14)15)1-2-10(8)16-7/h1-4H,(H,14,15). The lowest BCUT2D eigenvalue weighted by molar-refractivity contribution is 0.0697. The lowest BCUT2D eigenvalue weighted by atomic mass is 10.1. The second-order valence-corrected chi connectivity index (χ2v) is 3.10. The molecule has 0 aliphatic rings. The van der Waals surface area contributed by atoms with Gasteiger partial charge >= 0.3 is 5.97 Å². The van der Waals surface area contributed by atoms with Crippen LogP contribution in [0.4, 0.5) is 0 Å². The highest BCUT2D eigenvalue weighted by atomic mass is 16.4. The van der Waals surface area contributed by atoms with E-state index in [9.17, 15) is 9.59 Å². The van der Waals surface area contributed by atoms with Crippen molar-refractivity contribution >= 4 is 16.9 Å². The highest BCUT2D eigenvalue weighted by Gasteiger charge is 2.08. The quantitative estimate of drug-likeness (QED) is 0.775. The summed E-state index contributed by atoms with van der Waals surface area (Å²) in [5.41, 5.74) is -0.223. The lowest BCUT2D eigenvalue weighted by Crippen LogP contribution is -2.03. The van der Waals surface area contributed by atoms with Gasteiger partial charge in [-0.1, -0.05) is 0 Å². The van der Waals surface area contributed by atoms with Gasteiger partial charge < -0.3 is 9.52 Å². The van der Waals surface area contributed by atoms with Crippen LogP contribution < -0.4 is 5.43 Å². The van der Waals surface area contributed by atoms with Crippen LogP contribution in [0.25, 0.3) is 11.0 Å². The summed E-state index contributed by atoms with van der Waals surface area (Å²) >= 11 is 0. The molecule has 1 aromatic heterocycles. The summed E-state index contributed by atoms with van der Waals surface area (Å²) in [7, 11) is 0. The van der Waals surface area contributed by atoms with Crippen LogP contribution in [0, 0.1) is 11.3 Å². The molecule has 2 aromatic rings. The Labute approximate surface area is 89.2 Å². The molecule has 5 nitrogen and oxygen atoms in total. The molecule has 0 unspecified atom stereocenters. The summed E-state index contributed by atoms with van der Waals surface area (Å²) in [6.45, 7) is 0. The third kappa shape index (κ3) is 1.53. The van der Waals surface area contributed by atoms with Crippen LogP contribution in [-0.4, -0.2) is 11.1 Å². The Kier molecular flexibility index (Phi) is 2.18. The predicted molar refractivity (Wildman–Crippen MR) is 54.2 cm³/mol. The molecule has 1 N–H and O–H groups in total. The summed E-state index contributed by atoms with van der Waals surface area (Å²) in [5.74, 6) is -1.22. The fourth-order valence-corrected chi connectivity index (χ4v) is 1.34. The van der Waals surface area contributed by atoms with Crippen molar-refractivity contribution in [1.82, 2.24) is 0 Å². The van der Waals surface area contributed by atoms with Crippen molar-refractivity contribution in [3.63, 3.8) is 0 Å². The van der Waals surface area contributed by atoms with Crippen LogP contribution in [0.3, 0.4) is 0 Å². The minimum absolute atomic E-state index is 0.00417. The molecular weight excluding hydrogens is 210 g/mol. The van der Waals surface area contributed by atoms with E-state index in [4.69, 9.17) is 14.8 Å². The molecule has 16 heavy (non-hydrogen) atoms. The van der Waals surface area contributed by atoms with Crippen LogP contribution in [0.1, 0.15) is 16.1 Å². The SMILES string of the molecule is N#Cc1cc(=O)c2cc(C(=O)O)ccc2o1. The van der Waals surface area contributed by atoms with Gasteiger partial charge in [-0.3, -0.25) is 4.79 Å². The van der Waals surface area contributed by atoms with Crippen molar-refractivity contribution in [2.24, 2.45) is 0 Å². The van der Waals surface area contributed by atoms with E-state index in [2.05, 4.69) is 0 Å². The number of fused-ring (bicyclic) bond motifs is 1. The summed E-state index contributed by atoms with van der Waals surface area (Å²) in [4.78, 5) is 22.2. The topological polar surface area (TPSA) is 91.3 Å². The molecule has 0 saturated carbocycles. The average molecular weight is 215 g/mol. The van der Waals surface area contributed by atoms with Gasteiger partial charge in [0.05, 0.1) is 10.9 Å². The average Bonchev–Trinajstić information content (AvgIpc) is 2.28. The minimum atomic E-state index is -1.12. The molecule has 0 spiro atoms. The van der Waals surface area contributed by atoms with E-state index in [0.717, 1.165) is 6.07 Å². The molecule has 0 aliphatic heterocycles. The van der Waals surface area contributed by atoms with Crippen molar-refractivity contribution in [2.75, 3.05) is 0 Å². The molecule has 0 bridgehead atoms.